The van der Waals surface area contributed by atoms with Crippen LogP contribution in [0.5, 0.6) is 11.5 Å². The van der Waals surface area contributed by atoms with Crippen molar-refractivity contribution in [2.24, 2.45) is 11.8 Å². The van der Waals surface area contributed by atoms with Crippen LogP contribution in [0.4, 0.5) is 0 Å². The van der Waals surface area contributed by atoms with Crippen LogP contribution >= 0.6 is 12.4 Å². The monoisotopic (exact) mass is 468 g/mol. The van der Waals surface area contributed by atoms with Gasteiger partial charge in [0.1, 0.15) is 11.5 Å². The van der Waals surface area contributed by atoms with Gasteiger partial charge in [-0.2, -0.15) is 0 Å². The second-order valence-corrected chi connectivity index (χ2v) is 9.12. The second kappa shape index (κ2) is 14.6. The smallest absolute Gasteiger partial charge is 0.227 e. The third kappa shape index (κ3) is 9.14. The molecule has 2 aliphatic rings. The molecule has 1 aromatic carbocycles. The summed E-state index contributed by atoms with van der Waals surface area (Å²) in [6, 6.07) is 4.40. The van der Waals surface area contributed by atoms with E-state index in [1.54, 1.807) is 6.07 Å². The van der Waals surface area contributed by atoms with E-state index in [1.165, 1.54) is 57.5 Å². The second-order valence-electron chi connectivity index (χ2n) is 9.12. The fourth-order valence-corrected chi connectivity index (χ4v) is 4.56. The van der Waals surface area contributed by atoms with E-state index in [0.717, 1.165) is 51.5 Å². The van der Waals surface area contributed by atoms with Gasteiger partial charge in [-0.05, 0) is 95.7 Å². The average molecular weight is 469 g/mol. The van der Waals surface area contributed by atoms with Crippen molar-refractivity contribution in [1.82, 2.24) is 20.9 Å². The van der Waals surface area contributed by atoms with E-state index in [4.69, 9.17) is 0 Å². The van der Waals surface area contributed by atoms with E-state index >= 15 is 0 Å². The van der Waals surface area contributed by atoms with Crippen molar-refractivity contribution < 1.29 is 15.0 Å². The van der Waals surface area contributed by atoms with Crippen molar-refractivity contribution in [3.05, 3.63) is 23.8 Å². The average Bonchev–Trinajstić information content (AvgIpc) is 2.78. The first-order chi connectivity index (χ1) is 15.1. The van der Waals surface area contributed by atoms with E-state index < -0.39 is 0 Å². The van der Waals surface area contributed by atoms with Gasteiger partial charge in [0.2, 0.25) is 5.91 Å². The van der Waals surface area contributed by atoms with E-state index in [2.05, 4.69) is 16.0 Å². The number of hydrogen-bond donors (Lipinski definition) is 5. The molecule has 32 heavy (non-hydrogen) atoms. The van der Waals surface area contributed by atoms with Gasteiger partial charge >= 0.3 is 0 Å². The Morgan fingerprint density at radius 1 is 0.969 bits per heavy atom. The highest BCUT2D eigenvalue weighted by Gasteiger charge is 2.23. The van der Waals surface area contributed by atoms with Crippen LogP contribution in [-0.4, -0.2) is 73.4 Å². The van der Waals surface area contributed by atoms with E-state index in [0.29, 0.717) is 11.5 Å². The molecule has 2 heterocycles. The lowest BCUT2D eigenvalue weighted by Gasteiger charge is -2.32. The highest BCUT2D eigenvalue weighted by atomic mass is 35.5. The Labute approximate surface area is 198 Å². The third-order valence-electron chi connectivity index (χ3n) is 6.66. The van der Waals surface area contributed by atoms with Gasteiger partial charge in [-0.15, -0.1) is 12.4 Å². The highest BCUT2D eigenvalue weighted by molar-refractivity contribution is 5.85. The van der Waals surface area contributed by atoms with Gasteiger partial charge in [-0.25, -0.2) is 0 Å². The zero-order valence-electron chi connectivity index (χ0n) is 19.2. The van der Waals surface area contributed by atoms with Crippen LogP contribution < -0.4 is 16.0 Å². The minimum atomic E-state index is -0.0195. The number of nitrogens with zero attached hydrogens (tertiary/aromatic N) is 1. The molecule has 0 unspecified atom stereocenters. The topological polar surface area (TPSA) is 96.9 Å². The summed E-state index contributed by atoms with van der Waals surface area (Å²) in [5, 5.41) is 29.9. The minimum absolute atomic E-state index is 0. The summed E-state index contributed by atoms with van der Waals surface area (Å²) in [7, 11) is 0. The zero-order chi connectivity index (χ0) is 21.9. The molecule has 0 spiro atoms. The molecule has 1 aromatic rings. The normalized spacial score (nSPS) is 17.8. The van der Waals surface area contributed by atoms with Gasteiger partial charge in [0.05, 0.1) is 6.42 Å². The van der Waals surface area contributed by atoms with Crippen molar-refractivity contribution in [2.45, 2.75) is 44.9 Å². The molecule has 182 valence electrons. The number of amides is 1. The summed E-state index contributed by atoms with van der Waals surface area (Å²) in [6.07, 6.45) is 7.26. The summed E-state index contributed by atoms with van der Waals surface area (Å²) in [5.41, 5.74) is 0.567. The number of unbranched alkanes of at least 4 members (excludes halogenated alkanes) is 1. The molecule has 0 saturated carbocycles. The summed E-state index contributed by atoms with van der Waals surface area (Å²) in [5.74, 6) is 1.52. The number of phenolic OH excluding ortho intramolecular Hbond substituents is 2. The number of carbonyl (C=O) groups excluding carboxylic acids is 1. The lowest BCUT2D eigenvalue weighted by atomic mass is 9.96. The standard InChI is InChI=1S/C24H40N4O3.ClH/c29-22-4-3-21(23(30)16-22)15-24(31)28-13-7-20(8-14-28)18-27-10-2-1-9-26-17-19-5-11-25-12-6-19;/h3-4,16,19-20,25-27,29-30H,1-2,5-15,17-18H2;1H. The van der Waals surface area contributed by atoms with Gasteiger partial charge in [0.15, 0.2) is 0 Å². The number of carbonyl (C=O) groups is 1. The largest absolute Gasteiger partial charge is 0.508 e. The number of aromatic hydroxyl groups is 2. The maximum absolute atomic E-state index is 12.5. The Balaban J connectivity index is 0.00000363. The summed E-state index contributed by atoms with van der Waals surface area (Å²) >= 11 is 0. The van der Waals surface area contributed by atoms with E-state index in [-0.39, 0.29) is 36.2 Å². The van der Waals surface area contributed by atoms with Crippen LogP contribution in [0.1, 0.15) is 44.1 Å². The molecule has 2 aliphatic heterocycles. The lowest BCUT2D eigenvalue weighted by molar-refractivity contribution is -0.131. The number of likely N-dealkylation sites (tertiary alicyclic amines) is 1. The molecule has 2 saturated heterocycles. The summed E-state index contributed by atoms with van der Waals surface area (Å²) in [6.45, 7) is 8.28. The lowest BCUT2D eigenvalue weighted by Crippen LogP contribution is -2.41. The number of nitrogens with one attached hydrogen (secondary N) is 3. The number of rotatable bonds is 11. The quantitative estimate of drug-likeness (QED) is 0.320. The van der Waals surface area contributed by atoms with Crippen LogP contribution in [0.2, 0.25) is 0 Å². The molecule has 0 bridgehead atoms. The van der Waals surface area contributed by atoms with Gasteiger partial charge in [-0.3, -0.25) is 4.79 Å². The first-order valence-electron chi connectivity index (χ1n) is 12.0. The van der Waals surface area contributed by atoms with Crippen LogP contribution in [0, 0.1) is 11.8 Å². The van der Waals surface area contributed by atoms with Gasteiger partial charge < -0.3 is 31.1 Å². The fourth-order valence-electron chi connectivity index (χ4n) is 4.56. The minimum Gasteiger partial charge on any atom is -0.508 e. The molecule has 0 radical (unpaired) electrons. The first kappa shape index (κ1) is 26.7. The molecule has 5 N–H and O–H groups in total. The van der Waals surface area contributed by atoms with Crippen molar-refractivity contribution in [1.29, 1.82) is 0 Å². The summed E-state index contributed by atoms with van der Waals surface area (Å²) in [4.78, 5) is 14.4. The van der Waals surface area contributed by atoms with Crippen molar-refractivity contribution in [2.75, 3.05) is 52.4 Å². The van der Waals surface area contributed by atoms with E-state index in [9.17, 15) is 15.0 Å². The fraction of sp³-hybridized carbons (Fsp3) is 0.708. The molecule has 8 heteroatoms. The highest BCUT2D eigenvalue weighted by Crippen LogP contribution is 2.24. The van der Waals surface area contributed by atoms with Crippen LogP contribution in [0.3, 0.4) is 0 Å². The van der Waals surface area contributed by atoms with Gasteiger partial charge in [0.25, 0.3) is 0 Å². The molecule has 1 amide bonds. The Hall–Kier alpha value is -1.54. The SMILES string of the molecule is Cl.O=C(Cc1ccc(O)cc1O)N1CCC(CNCCCCNCC2CCNCC2)CC1. The molecule has 0 aliphatic carbocycles. The van der Waals surface area contributed by atoms with Crippen molar-refractivity contribution >= 4 is 18.3 Å². The molecular formula is C24H41ClN4O3. The van der Waals surface area contributed by atoms with Crippen molar-refractivity contribution in [3.8, 4) is 11.5 Å². The third-order valence-corrected chi connectivity index (χ3v) is 6.66. The van der Waals surface area contributed by atoms with E-state index in [1.807, 2.05) is 4.90 Å². The van der Waals surface area contributed by atoms with Crippen LogP contribution in [0.25, 0.3) is 0 Å². The maximum atomic E-state index is 12.5. The molecule has 3 rings (SSSR count). The number of halogens is 1. The predicted octanol–water partition coefficient (Wildman–Crippen LogP) is 2.26. The zero-order valence-corrected chi connectivity index (χ0v) is 20.0. The Bertz CT molecular complexity index is 677. The Morgan fingerprint density at radius 2 is 1.56 bits per heavy atom. The van der Waals surface area contributed by atoms with Gasteiger partial charge in [-0.1, -0.05) is 6.07 Å². The first-order valence-corrected chi connectivity index (χ1v) is 12.0. The van der Waals surface area contributed by atoms with Crippen LogP contribution in [-0.2, 0) is 11.2 Å². The Kier molecular flexibility index (Phi) is 12.2. The number of benzene rings is 1. The molecule has 0 aromatic heterocycles. The maximum Gasteiger partial charge on any atom is 0.227 e. The van der Waals surface area contributed by atoms with Crippen LogP contribution in [0.15, 0.2) is 18.2 Å². The summed E-state index contributed by atoms with van der Waals surface area (Å²) < 4.78 is 0. The number of hydrogen-bond acceptors (Lipinski definition) is 6. The molecule has 0 atom stereocenters. The molecule has 7 nitrogen and oxygen atoms in total. The molecular weight excluding hydrogens is 428 g/mol. The number of phenols is 2. The van der Waals surface area contributed by atoms with Gasteiger partial charge in [0, 0.05) is 24.7 Å². The Morgan fingerprint density at radius 3 is 2.16 bits per heavy atom. The number of piperidine rings is 2. The van der Waals surface area contributed by atoms with Crippen molar-refractivity contribution in [3.63, 3.8) is 0 Å². The predicted molar refractivity (Wildman–Crippen MR) is 131 cm³/mol. The molecule has 2 fully saturated rings.